The van der Waals surface area contributed by atoms with Crippen LogP contribution < -0.4 is 0 Å². The lowest BCUT2D eigenvalue weighted by Gasteiger charge is -2.49. The van der Waals surface area contributed by atoms with Gasteiger partial charge in [0.2, 0.25) is 0 Å². The molecule has 3 aliphatic rings. The highest BCUT2D eigenvalue weighted by molar-refractivity contribution is 5.79. The van der Waals surface area contributed by atoms with Crippen molar-refractivity contribution >= 4 is 5.78 Å². The summed E-state index contributed by atoms with van der Waals surface area (Å²) >= 11 is 0. The van der Waals surface area contributed by atoms with Crippen LogP contribution in [0, 0.1) is 28.1 Å². The molecule has 0 aromatic carbocycles. The van der Waals surface area contributed by atoms with E-state index >= 15 is 0 Å². The molecule has 2 bridgehead atoms. The summed E-state index contributed by atoms with van der Waals surface area (Å²) in [7, 11) is 0. The van der Waals surface area contributed by atoms with Crippen LogP contribution in [0.1, 0.15) is 72.6 Å². The van der Waals surface area contributed by atoms with E-state index in [1.165, 1.54) is 19.3 Å². The molecular weight excluding hydrogens is 220 g/mol. The largest absolute Gasteiger partial charge is 0.300 e. The predicted octanol–water partition coefficient (Wildman–Crippen LogP) is 4.60. The molecule has 1 heteroatoms. The molecule has 3 aliphatic carbocycles. The second kappa shape index (κ2) is 3.61. The number of rotatable bonds is 1. The van der Waals surface area contributed by atoms with Crippen molar-refractivity contribution < 1.29 is 4.79 Å². The van der Waals surface area contributed by atoms with Gasteiger partial charge in [-0.2, -0.15) is 0 Å². The second-order valence-electron chi connectivity index (χ2n) is 8.36. The Morgan fingerprint density at radius 3 is 2.06 bits per heavy atom. The molecule has 3 saturated carbocycles. The van der Waals surface area contributed by atoms with Gasteiger partial charge in [0.15, 0.2) is 0 Å². The van der Waals surface area contributed by atoms with Crippen molar-refractivity contribution in [1.82, 2.24) is 0 Å². The fraction of sp³-hybridized carbons (Fsp3) is 0.941. The normalized spacial score (nSPS) is 45.4. The van der Waals surface area contributed by atoms with E-state index in [4.69, 9.17) is 0 Å². The molecule has 0 N–H and O–H groups in total. The van der Waals surface area contributed by atoms with Gasteiger partial charge in [-0.15, -0.1) is 0 Å². The van der Waals surface area contributed by atoms with Gasteiger partial charge in [-0.25, -0.2) is 0 Å². The van der Waals surface area contributed by atoms with Gasteiger partial charge in [-0.3, -0.25) is 4.79 Å². The fourth-order valence-electron chi connectivity index (χ4n) is 5.71. The van der Waals surface area contributed by atoms with Crippen LogP contribution in [-0.4, -0.2) is 5.78 Å². The van der Waals surface area contributed by atoms with Crippen LogP contribution in [-0.2, 0) is 4.79 Å². The van der Waals surface area contributed by atoms with Crippen LogP contribution in [0.5, 0.6) is 0 Å². The van der Waals surface area contributed by atoms with Crippen molar-refractivity contribution in [3.05, 3.63) is 0 Å². The number of ketones is 1. The average molecular weight is 248 g/mol. The standard InChI is InChI=1S/C17H28O/c1-15(2)12-5-10-17(15,4)14(11-12)16(3)8-6-13(18)7-9-16/h12,14H,5-11H2,1-4H3/t12-,14+,17+/m1/s1. The topological polar surface area (TPSA) is 17.1 Å². The van der Waals surface area contributed by atoms with E-state index in [1.807, 2.05) is 0 Å². The molecule has 0 amide bonds. The Morgan fingerprint density at radius 1 is 1.00 bits per heavy atom. The molecule has 102 valence electrons. The number of Topliss-reactive ketones (excluding diaryl/α,β-unsaturated/α-hetero) is 1. The maximum Gasteiger partial charge on any atom is 0.132 e. The maximum atomic E-state index is 11.5. The van der Waals surface area contributed by atoms with E-state index in [9.17, 15) is 4.79 Å². The van der Waals surface area contributed by atoms with Gasteiger partial charge in [-0.1, -0.05) is 27.7 Å². The molecule has 0 radical (unpaired) electrons. The predicted molar refractivity (Wildman–Crippen MR) is 74.3 cm³/mol. The number of hydrogen-bond donors (Lipinski definition) is 0. The summed E-state index contributed by atoms with van der Waals surface area (Å²) in [4.78, 5) is 11.5. The summed E-state index contributed by atoms with van der Waals surface area (Å²) in [6, 6.07) is 0. The Bertz CT molecular complexity index is 371. The molecule has 1 nitrogen and oxygen atoms in total. The monoisotopic (exact) mass is 248 g/mol. The van der Waals surface area contributed by atoms with Crippen LogP contribution in [0.4, 0.5) is 0 Å². The Balaban J connectivity index is 1.89. The number of fused-ring (bicyclic) bond motifs is 2. The molecule has 0 spiro atoms. The van der Waals surface area contributed by atoms with Crippen molar-refractivity contribution in [3.63, 3.8) is 0 Å². The van der Waals surface area contributed by atoms with Crippen molar-refractivity contribution in [1.29, 1.82) is 0 Å². The van der Waals surface area contributed by atoms with Crippen LogP contribution in [0.2, 0.25) is 0 Å². The highest BCUT2D eigenvalue weighted by Gasteiger charge is 2.64. The first-order valence-corrected chi connectivity index (χ1v) is 7.81. The molecule has 3 atom stereocenters. The van der Waals surface area contributed by atoms with Crippen LogP contribution >= 0.6 is 0 Å². The minimum atomic E-state index is 0.440. The van der Waals surface area contributed by atoms with Gasteiger partial charge in [0.05, 0.1) is 0 Å². The van der Waals surface area contributed by atoms with Crippen molar-refractivity contribution in [2.24, 2.45) is 28.1 Å². The van der Waals surface area contributed by atoms with Crippen molar-refractivity contribution in [2.45, 2.75) is 72.6 Å². The molecule has 18 heavy (non-hydrogen) atoms. The lowest BCUT2D eigenvalue weighted by molar-refractivity contribution is -0.124. The minimum absolute atomic E-state index is 0.440. The van der Waals surface area contributed by atoms with E-state index in [0.717, 1.165) is 37.5 Å². The molecule has 0 saturated heterocycles. The van der Waals surface area contributed by atoms with E-state index in [1.54, 1.807) is 0 Å². The minimum Gasteiger partial charge on any atom is -0.300 e. The van der Waals surface area contributed by atoms with Gasteiger partial charge in [0.25, 0.3) is 0 Å². The van der Waals surface area contributed by atoms with Crippen molar-refractivity contribution in [2.75, 3.05) is 0 Å². The third kappa shape index (κ3) is 1.42. The van der Waals surface area contributed by atoms with E-state index in [0.29, 0.717) is 22.0 Å². The Hall–Kier alpha value is -0.330. The molecule has 0 aliphatic heterocycles. The van der Waals surface area contributed by atoms with Crippen molar-refractivity contribution in [3.8, 4) is 0 Å². The van der Waals surface area contributed by atoms with E-state index < -0.39 is 0 Å². The van der Waals surface area contributed by atoms with Crippen LogP contribution in [0.3, 0.4) is 0 Å². The van der Waals surface area contributed by atoms with Gasteiger partial charge in [0.1, 0.15) is 5.78 Å². The van der Waals surface area contributed by atoms with Gasteiger partial charge in [0, 0.05) is 12.8 Å². The van der Waals surface area contributed by atoms with Crippen LogP contribution in [0.25, 0.3) is 0 Å². The lowest BCUT2D eigenvalue weighted by atomic mass is 9.55. The molecule has 0 heterocycles. The van der Waals surface area contributed by atoms with Gasteiger partial charge < -0.3 is 0 Å². The summed E-state index contributed by atoms with van der Waals surface area (Å²) in [5, 5.41) is 0. The number of carbonyl (C=O) groups excluding carboxylic acids is 1. The Labute approximate surface area is 112 Å². The smallest absolute Gasteiger partial charge is 0.132 e. The maximum absolute atomic E-state index is 11.5. The molecular formula is C17H28O. The first kappa shape index (κ1) is 12.7. The summed E-state index contributed by atoms with van der Waals surface area (Å²) in [5.74, 6) is 2.29. The highest BCUT2D eigenvalue weighted by atomic mass is 16.1. The molecule has 3 rings (SSSR count). The van der Waals surface area contributed by atoms with Gasteiger partial charge in [-0.05, 0) is 60.2 Å². The SMILES string of the molecule is CC1([C@@H]2C[C@H]3CC[C@]2(C)C3(C)C)CCC(=O)CC1. The third-order valence-electron chi connectivity index (χ3n) is 7.59. The first-order chi connectivity index (χ1) is 8.30. The molecule has 3 fully saturated rings. The fourth-order valence-corrected chi connectivity index (χ4v) is 5.71. The third-order valence-corrected chi connectivity index (χ3v) is 7.59. The zero-order valence-electron chi connectivity index (χ0n) is 12.5. The lowest BCUT2D eigenvalue weighted by Crippen LogP contribution is -2.42. The van der Waals surface area contributed by atoms with E-state index in [2.05, 4.69) is 27.7 Å². The second-order valence-corrected chi connectivity index (χ2v) is 8.36. The van der Waals surface area contributed by atoms with E-state index in [-0.39, 0.29) is 0 Å². The molecule has 0 unspecified atom stereocenters. The summed E-state index contributed by atoms with van der Waals surface area (Å²) < 4.78 is 0. The zero-order chi connectivity index (χ0) is 13.2. The molecule has 0 aromatic heterocycles. The van der Waals surface area contributed by atoms with Crippen LogP contribution in [0.15, 0.2) is 0 Å². The van der Waals surface area contributed by atoms with Gasteiger partial charge >= 0.3 is 0 Å². The highest BCUT2D eigenvalue weighted by Crippen LogP contribution is 2.72. The molecule has 0 aromatic rings. The first-order valence-electron chi connectivity index (χ1n) is 7.81. The zero-order valence-corrected chi connectivity index (χ0v) is 12.5. The quantitative estimate of drug-likeness (QED) is 0.663. The summed E-state index contributed by atoms with van der Waals surface area (Å²) in [6.07, 6.45) is 8.26. The Morgan fingerprint density at radius 2 is 1.61 bits per heavy atom. The summed E-state index contributed by atoms with van der Waals surface area (Å²) in [6.45, 7) is 10.0. The average Bonchev–Trinajstić information content (AvgIpc) is 2.65. The number of hydrogen-bond acceptors (Lipinski definition) is 1. The number of carbonyl (C=O) groups is 1. The summed E-state index contributed by atoms with van der Waals surface area (Å²) in [5.41, 5.74) is 1.48. The Kier molecular flexibility index (Phi) is 2.55.